The number of sulfonamides is 1. The van der Waals surface area contributed by atoms with Crippen LogP contribution < -0.4 is 9.47 Å². The van der Waals surface area contributed by atoms with Gasteiger partial charge in [-0.15, -0.1) is 0 Å². The predicted molar refractivity (Wildman–Crippen MR) is 82.7 cm³/mol. The van der Waals surface area contributed by atoms with E-state index in [1.807, 2.05) is 0 Å². The standard InChI is InChI=1S/C15H22FNO5S/c1-10-4-5-11(9-18)8-17(10)23(19,20)15-7-14(22-3)13(21-2)6-12(15)16/h6-7,10-11,18H,4-5,8-9H2,1-3H3/t10-,11+/m1/s1. The zero-order valence-corrected chi connectivity index (χ0v) is 14.3. The Hall–Kier alpha value is -1.38. The van der Waals surface area contributed by atoms with Crippen LogP contribution in [0.4, 0.5) is 4.39 Å². The van der Waals surface area contributed by atoms with Gasteiger partial charge in [-0.3, -0.25) is 0 Å². The maximum absolute atomic E-state index is 14.3. The van der Waals surface area contributed by atoms with E-state index < -0.39 is 20.7 Å². The molecule has 1 heterocycles. The third kappa shape index (κ3) is 3.44. The average Bonchev–Trinajstić information content (AvgIpc) is 2.54. The first kappa shape index (κ1) is 18.0. The number of nitrogens with zero attached hydrogens (tertiary/aromatic N) is 1. The number of hydrogen-bond acceptors (Lipinski definition) is 5. The van der Waals surface area contributed by atoms with Gasteiger partial charge in [-0.2, -0.15) is 4.31 Å². The number of hydrogen-bond donors (Lipinski definition) is 1. The molecule has 1 N–H and O–H groups in total. The van der Waals surface area contributed by atoms with E-state index in [0.717, 1.165) is 18.6 Å². The summed E-state index contributed by atoms with van der Waals surface area (Å²) in [5.74, 6) is -0.745. The number of halogens is 1. The molecule has 130 valence electrons. The maximum Gasteiger partial charge on any atom is 0.246 e. The molecule has 6 nitrogen and oxygen atoms in total. The summed E-state index contributed by atoms with van der Waals surface area (Å²) in [4.78, 5) is -0.444. The Balaban J connectivity index is 2.46. The van der Waals surface area contributed by atoms with Gasteiger partial charge in [-0.25, -0.2) is 12.8 Å². The Morgan fingerprint density at radius 3 is 2.43 bits per heavy atom. The maximum atomic E-state index is 14.3. The lowest BCUT2D eigenvalue weighted by Crippen LogP contribution is -2.46. The zero-order valence-electron chi connectivity index (χ0n) is 13.5. The topological polar surface area (TPSA) is 76.1 Å². The van der Waals surface area contributed by atoms with Crippen LogP contribution in [0.25, 0.3) is 0 Å². The fourth-order valence-electron chi connectivity index (χ4n) is 2.79. The largest absolute Gasteiger partial charge is 0.493 e. The van der Waals surface area contributed by atoms with Crippen molar-refractivity contribution in [2.24, 2.45) is 5.92 Å². The van der Waals surface area contributed by atoms with Crippen LogP contribution in [0.1, 0.15) is 19.8 Å². The molecule has 0 spiro atoms. The lowest BCUT2D eigenvalue weighted by Gasteiger charge is -2.36. The van der Waals surface area contributed by atoms with Crippen LogP contribution >= 0.6 is 0 Å². The van der Waals surface area contributed by atoms with Gasteiger partial charge in [0.15, 0.2) is 11.5 Å². The molecule has 2 atom stereocenters. The Bertz CT molecular complexity index is 664. The van der Waals surface area contributed by atoms with E-state index in [-0.39, 0.29) is 36.6 Å². The molecule has 0 aromatic heterocycles. The van der Waals surface area contributed by atoms with Gasteiger partial charge in [0.1, 0.15) is 10.7 Å². The van der Waals surface area contributed by atoms with E-state index >= 15 is 0 Å². The molecule has 1 aliphatic rings. The summed E-state index contributed by atoms with van der Waals surface area (Å²) in [7, 11) is -1.32. The van der Waals surface area contributed by atoms with Crippen molar-refractivity contribution < 1.29 is 27.4 Å². The van der Waals surface area contributed by atoms with Gasteiger partial charge in [0.2, 0.25) is 10.0 Å². The summed E-state index contributed by atoms with van der Waals surface area (Å²) < 4.78 is 51.3. The highest BCUT2D eigenvalue weighted by Crippen LogP contribution is 2.35. The predicted octanol–water partition coefficient (Wildman–Crippen LogP) is 1.62. The van der Waals surface area contributed by atoms with Crippen molar-refractivity contribution in [3.05, 3.63) is 17.9 Å². The van der Waals surface area contributed by atoms with Crippen molar-refractivity contribution in [1.29, 1.82) is 0 Å². The van der Waals surface area contributed by atoms with Crippen molar-refractivity contribution in [2.75, 3.05) is 27.4 Å². The van der Waals surface area contributed by atoms with Gasteiger partial charge in [-0.05, 0) is 25.7 Å². The minimum atomic E-state index is -4.03. The molecule has 0 amide bonds. The molecule has 0 aliphatic carbocycles. The Morgan fingerprint density at radius 1 is 1.26 bits per heavy atom. The zero-order chi connectivity index (χ0) is 17.2. The molecule has 23 heavy (non-hydrogen) atoms. The first-order valence-electron chi connectivity index (χ1n) is 7.39. The smallest absolute Gasteiger partial charge is 0.246 e. The van der Waals surface area contributed by atoms with Crippen molar-refractivity contribution in [3.63, 3.8) is 0 Å². The Morgan fingerprint density at radius 2 is 1.87 bits per heavy atom. The molecule has 2 rings (SSSR count). The van der Waals surface area contributed by atoms with Gasteiger partial charge < -0.3 is 14.6 Å². The molecule has 0 radical (unpaired) electrons. The number of rotatable bonds is 5. The highest BCUT2D eigenvalue weighted by atomic mass is 32.2. The Labute approximate surface area is 135 Å². The highest BCUT2D eigenvalue weighted by molar-refractivity contribution is 7.89. The van der Waals surface area contributed by atoms with Gasteiger partial charge in [0.05, 0.1) is 14.2 Å². The molecule has 1 aromatic rings. The van der Waals surface area contributed by atoms with Gasteiger partial charge >= 0.3 is 0 Å². The quantitative estimate of drug-likeness (QED) is 0.876. The fourth-order valence-corrected chi connectivity index (χ4v) is 4.59. The number of aliphatic hydroxyl groups is 1. The van der Waals surface area contributed by atoms with Crippen LogP contribution in [-0.2, 0) is 10.0 Å². The molecular weight excluding hydrogens is 325 g/mol. The lowest BCUT2D eigenvalue weighted by molar-refractivity contribution is 0.139. The van der Waals surface area contributed by atoms with E-state index in [2.05, 4.69) is 0 Å². The number of aliphatic hydroxyl groups excluding tert-OH is 1. The van der Waals surface area contributed by atoms with Crippen molar-refractivity contribution in [2.45, 2.75) is 30.7 Å². The van der Waals surface area contributed by atoms with Crippen LogP contribution in [0, 0.1) is 11.7 Å². The molecule has 1 aliphatic heterocycles. The number of methoxy groups -OCH3 is 2. The lowest BCUT2D eigenvalue weighted by atomic mass is 9.96. The molecule has 0 bridgehead atoms. The van der Waals surface area contributed by atoms with Crippen LogP contribution in [0.3, 0.4) is 0 Å². The molecule has 1 fully saturated rings. The number of ether oxygens (including phenoxy) is 2. The van der Waals surface area contributed by atoms with Crippen LogP contribution in [0.5, 0.6) is 11.5 Å². The van der Waals surface area contributed by atoms with E-state index in [1.54, 1.807) is 6.92 Å². The van der Waals surface area contributed by atoms with Crippen LogP contribution in [0.2, 0.25) is 0 Å². The second-order valence-electron chi connectivity index (χ2n) is 5.69. The first-order valence-corrected chi connectivity index (χ1v) is 8.83. The number of benzene rings is 1. The summed E-state index contributed by atoms with van der Waals surface area (Å²) in [5, 5.41) is 9.30. The monoisotopic (exact) mass is 347 g/mol. The summed E-state index contributed by atoms with van der Waals surface area (Å²) in [6.07, 6.45) is 1.37. The SMILES string of the molecule is COc1cc(F)c(S(=O)(=O)N2C[C@@H](CO)CC[C@H]2C)cc1OC. The van der Waals surface area contributed by atoms with E-state index in [4.69, 9.17) is 9.47 Å². The highest BCUT2D eigenvalue weighted by Gasteiger charge is 2.36. The average molecular weight is 347 g/mol. The molecule has 0 unspecified atom stereocenters. The first-order chi connectivity index (χ1) is 10.8. The van der Waals surface area contributed by atoms with E-state index in [9.17, 15) is 17.9 Å². The van der Waals surface area contributed by atoms with Gasteiger partial charge in [0.25, 0.3) is 0 Å². The third-order valence-electron chi connectivity index (χ3n) is 4.21. The van der Waals surface area contributed by atoms with Gasteiger partial charge in [-0.1, -0.05) is 0 Å². The van der Waals surface area contributed by atoms with Crippen molar-refractivity contribution in [3.8, 4) is 11.5 Å². The molecule has 1 aromatic carbocycles. The second kappa shape index (κ2) is 7.02. The minimum Gasteiger partial charge on any atom is -0.493 e. The number of piperidine rings is 1. The molecule has 0 saturated carbocycles. The third-order valence-corrected chi connectivity index (χ3v) is 6.20. The summed E-state index contributed by atoms with van der Waals surface area (Å²) in [6.45, 7) is 1.87. The van der Waals surface area contributed by atoms with Crippen LogP contribution in [-0.4, -0.2) is 51.2 Å². The minimum absolute atomic E-state index is 0.0901. The van der Waals surface area contributed by atoms with Crippen LogP contribution in [0.15, 0.2) is 17.0 Å². The summed E-state index contributed by atoms with van der Waals surface area (Å²) >= 11 is 0. The van der Waals surface area contributed by atoms with E-state index in [1.165, 1.54) is 18.5 Å². The molecule has 1 saturated heterocycles. The van der Waals surface area contributed by atoms with Gasteiger partial charge in [0, 0.05) is 31.3 Å². The summed E-state index contributed by atoms with van der Waals surface area (Å²) in [6, 6.07) is 1.89. The normalized spacial score (nSPS) is 22.8. The van der Waals surface area contributed by atoms with Crippen molar-refractivity contribution in [1.82, 2.24) is 4.31 Å². The molecular formula is C15H22FNO5S. The second-order valence-corrected chi connectivity index (χ2v) is 7.55. The fraction of sp³-hybridized carbons (Fsp3) is 0.600. The van der Waals surface area contributed by atoms with Crippen molar-refractivity contribution >= 4 is 10.0 Å². The van der Waals surface area contributed by atoms with E-state index in [0.29, 0.717) is 6.42 Å². The summed E-state index contributed by atoms with van der Waals surface area (Å²) in [5.41, 5.74) is 0. The molecule has 8 heteroatoms. The Kier molecular flexibility index (Phi) is 5.49.